The van der Waals surface area contributed by atoms with Crippen LogP contribution in [0.15, 0.2) is 67.8 Å². The van der Waals surface area contributed by atoms with Crippen LogP contribution in [-0.4, -0.2) is 85.9 Å². The van der Waals surface area contributed by atoms with Crippen LogP contribution in [-0.2, 0) is 36.9 Å². The summed E-state index contributed by atoms with van der Waals surface area (Å²) in [6.45, 7) is 15.8. The average molecular weight is 772 g/mol. The summed E-state index contributed by atoms with van der Waals surface area (Å²) in [4.78, 5) is 53.0. The van der Waals surface area contributed by atoms with E-state index in [0.717, 1.165) is 17.4 Å². The van der Waals surface area contributed by atoms with Gasteiger partial charge in [0.2, 0.25) is 11.8 Å². The summed E-state index contributed by atoms with van der Waals surface area (Å²) >= 11 is 6.27. The molecule has 298 valence electrons. The van der Waals surface area contributed by atoms with E-state index in [1.54, 1.807) is 31.4 Å². The first-order valence-corrected chi connectivity index (χ1v) is 18.2. The predicted octanol–water partition coefficient (Wildman–Crippen LogP) is 5.15. The Labute approximate surface area is 324 Å². The van der Waals surface area contributed by atoms with Crippen molar-refractivity contribution in [2.45, 2.75) is 72.1 Å². The lowest BCUT2D eigenvalue weighted by molar-refractivity contribution is -0.151. The summed E-state index contributed by atoms with van der Waals surface area (Å²) in [6.07, 6.45) is 3.25. The minimum atomic E-state index is -1.59. The number of aliphatic hydroxyl groups is 1. The predicted molar refractivity (Wildman–Crippen MR) is 210 cm³/mol. The minimum absolute atomic E-state index is 0.0566. The number of ether oxygens (including phenoxy) is 3. The Morgan fingerprint density at radius 2 is 1.63 bits per heavy atom. The maximum absolute atomic E-state index is 13.9. The van der Waals surface area contributed by atoms with Gasteiger partial charge in [0.05, 0.1) is 44.4 Å². The molecule has 0 heterocycles. The monoisotopic (exact) mass is 771 g/mol. The standard InChI is InChI=1S/C41H58ClN3O9/c1-10-12-31(27(3)22-54-23-28-13-16-30(52-8)17-14-28)41(38(50)51,24-39(4,5)6)44-21-35(47)40(7,26-46)25-43-37(49)33(45-36(48)11-2)20-29-15-18-34(53-9)32(42)19-29/h10-11,13-19,27,31,33,44,46H,1-2,12,20-26H2,3-9H3,(H,43,49)(H,45,48)(H,50,51)/t27-,31-,33+,40?,41-/m0/s1. The van der Waals surface area contributed by atoms with Gasteiger partial charge in [0, 0.05) is 19.6 Å². The first kappa shape index (κ1) is 45.9. The van der Waals surface area contributed by atoms with E-state index >= 15 is 0 Å². The first-order chi connectivity index (χ1) is 25.4. The average Bonchev–Trinajstić information content (AvgIpc) is 3.13. The van der Waals surface area contributed by atoms with Gasteiger partial charge in [-0.25, -0.2) is 0 Å². The maximum atomic E-state index is 13.9. The summed E-state index contributed by atoms with van der Waals surface area (Å²) in [5.41, 5.74) is -2.02. The fourth-order valence-corrected chi connectivity index (χ4v) is 6.66. The van der Waals surface area contributed by atoms with Crippen molar-refractivity contribution in [1.82, 2.24) is 16.0 Å². The zero-order chi connectivity index (χ0) is 40.7. The number of carboxylic acids is 1. The van der Waals surface area contributed by atoms with Crippen molar-refractivity contribution in [2.24, 2.45) is 22.7 Å². The molecule has 0 radical (unpaired) electrons. The number of carbonyl (C=O) groups is 4. The number of amides is 2. The Morgan fingerprint density at radius 1 is 0.981 bits per heavy atom. The van der Waals surface area contributed by atoms with E-state index in [0.29, 0.717) is 29.4 Å². The van der Waals surface area contributed by atoms with Crippen LogP contribution in [0.5, 0.6) is 11.5 Å². The van der Waals surface area contributed by atoms with E-state index in [-0.39, 0.29) is 31.9 Å². The van der Waals surface area contributed by atoms with Gasteiger partial charge in [-0.2, -0.15) is 0 Å². The Hall–Kier alpha value is -4.23. The highest BCUT2D eigenvalue weighted by atomic mass is 35.5. The van der Waals surface area contributed by atoms with Crippen LogP contribution in [0.25, 0.3) is 0 Å². The van der Waals surface area contributed by atoms with E-state index < -0.39 is 65.0 Å². The Balaban J connectivity index is 2.29. The molecule has 2 rings (SSSR count). The van der Waals surface area contributed by atoms with Crippen LogP contribution in [0.4, 0.5) is 0 Å². The van der Waals surface area contributed by atoms with Gasteiger partial charge in [0.15, 0.2) is 5.78 Å². The van der Waals surface area contributed by atoms with Gasteiger partial charge in [0.25, 0.3) is 0 Å². The van der Waals surface area contributed by atoms with E-state index in [4.69, 9.17) is 25.8 Å². The van der Waals surface area contributed by atoms with Crippen LogP contribution >= 0.6 is 11.6 Å². The van der Waals surface area contributed by atoms with Crippen molar-refractivity contribution in [3.05, 3.63) is 83.9 Å². The number of methoxy groups -OCH3 is 2. The molecule has 5 atom stereocenters. The molecule has 2 aromatic carbocycles. The summed E-state index contributed by atoms with van der Waals surface area (Å²) < 4.78 is 16.5. The van der Waals surface area contributed by atoms with Crippen LogP contribution in [0, 0.1) is 22.7 Å². The van der Waals surface area contributed by atoms with Gasteiger partial charge < -0.3 is 35.1 Å². The molecule has 0 spiro atoms. The zero-order valence-corrected chi connectivity index (χ0v) is 33.4. The van der Waals surface area contributed by atoms with Crippen LogP contribution in [0.1, 0.15) is 58.6 Å². The number of allylic oxidation sites excluding steroid dienone is 1. The molecule has 1 unspecified atom stereocenters. The largest absolute Gasteiger partial charge is 0.497 e. The number of Topliss-reactive ketones (excluding diaryl/α,β-unsaturated/α-hetero) is 1. The molecule has 0 fully saturated rings. The number of benzene rings is 2. The number of carboxylic acid groups (broad SMARTS) is 1. The third kappa shape index (κ3) is 13.3. The van der Waals surface area contributed by atoms with Crippen molar-refractivity contribution in [1.29, 1.82) is 0 Å². The molecule has 12 nitrogen and oxygen atoms in total. The van der Waals surface area contributed by atoms with Crippen molar-refractivity contribution >= 4 is 35.2 Å². The van der Waals surface area contributed by atoms with Gasteiger partial charge in [-0.3, -0.25) is 24.5 Å². The molecule has 0 aliphatic carbocycles. The number of carbonyl (C=O) groups excluding carboxylic acids is 3. The highest BCUT2D eigenvalue weighted by Crippen LogP contribution is 2.39. The van der Waals surface area contributed by atoms with Crippen molar-refractivity contribution in [2.75, 3.05) is 40.5 Å². The number of ketones is 1. The smallest absolute Gasteiger partial charge is 0.324 e. The third-order valence-corrected chi connectivity index (χ3v) is 9.75. The number of hydrogen-bond acceptors (Lipinski definition) is 9. The number of rotatable bonds is 24. The van der Waals surface area contributed by atoms with Gasteiger partial charge in [-0.05, 0) is 78.5 Å². The molecule has 0 aromatic heterocycles. The molecular weight excluding hydrogens is 714 g/mol. The number of halogens is 1. The Morgan fingerprint density at radius 3 is 2.15 bits per heavy atom. The van der Waals surface area contributed by atoms with Gasteiger partial charge in [-0.15, -0.1) is 6.58 Å². The fraction of sp³-hybridized carbons (Fsp3) is 0.512. The second-order valence-corrected chi connectivity index (χ2v) is 15.5. The molecule has 0 bridgehead atoms. The van der Waals surface area contributed by atoms with E-state index in [9.17, 15) is 29.4 Å². The molecule has 0 aliphatic rings. The second kappa shape index (κ2) is 21.0. The van der Waals surface area contributed by atoms with Gasteiger partial charge in [-0.1, -0.05) is 70.1 Å². The van der Waals surface area contributed by atoms with Gasteiger partial charge in [0.1, 0.15) is 23.1 Å². The number of aliphatic carboxylic acids is 1. The molecule has 0 saturated carbocycles. The molecule has 2 amide bonds. The SMILES string of the molecule is C=CC[C@@H]([C@@H](C)COCc1ccc(OC)cc1)[C@](CC(C)(C)C)(NCC(=O)C(C)(CO)CNC(=O)[C@@H](Cc1ccc(OC)c(Cl)c1)NC(=O)C=C)C(=O)O. The summed E-state index contributed by atoms with van der Waals surface area (Å²) in [5, 5.41) is 30.1. The molecular formula is C41H58ClN3O9. The fourth-order valence-electron chi connectivity index (χ4n) is 6.38. The van der Waals surface area contributed by atoms with Crippen molar-refractivity contribution < 1.29 is 43.6 Å². The van der Waals surface area contributed by atoms with Crippen LogP contribution in [0.3, 0.4) is 0 Å². The normalized spacial score (nSPS) is 15.4. The van der Waals surface area contributed by atoms with E-state index in [1.165, 1.54) is 14.0 Å². The molecule has 54 heavy (non-hydrogen) atoms. The lowest BCUT2D eigenvalue weighted by Crippen LogP contribution is -2.63. The molecule has 0 aliphatic heterocycles. The molecule has 2 aromatic rings. The maximum Gasteiger partial charge on any atom is 0.324 e. The number of nitrogens with one attached hydrogen (secondary N) is 3. The van der Waals surface area contributed by atoms with E-state index in [2.05, 4.69) is 29.1 Å². The lowest BCUT2D eigenvalue weighted by atomic mass is 9.67. The number of hydrogen-bond donors (Lipinski definition) is 5. The number of aliphatic hydroxyl groups excluding tert-OH is 1. The summed E-state index contributed by atoms with van der Waals surface area (Å²) in [6, 6.07) is 11.4. The molecule has 5 N–H and O–H groups in total. The summed E-state index contributed by atoms with van der Waals surface area (Å²) in [5.74, 6) is -2.50. The summed E-state index contributed by atoms with van der Waals surface area (Å²) in [7, 11) is 3.07. The van der Waals surface area contributed by atoms with Crippen LogP contribution in [0.2, 0.25) is 5.02 Å². The molecule has 13 heteroatoms. The second-order valence-electron chi connectivity index (χ2n) is 15.1. The van der Waals surface area contributed by atoms with Gasteiger partial charge >= 0.3 is 5.97 Å². The lowest BCUT2D eigenvalue weighted by Gasteiger charge is -2.44. The minimum Gasteiger partial charge on any atom is -0.497 e. The first-order valence-electron chi connectivity index (χ1n) is 17.9. The topological polar surface area (TPSA) is 173 Å². The Bertz CT molecular complexity index is 1590. The van der Waals surface area contributed by atoms with Crippen LogP contribution < -0.4 is 25.4 Å². The zero-order valence-electron chi connectivity index (χ0n) is 32.6. The van der Waals surface area contributed by atoms with Crippen molar-refractivity contribution in [3.8, 4) is 11.5 Å². The van der Waals surface area contributed by atoms with Crippen molar-refractivity contribution in [3.63, 3.8) is 0 Å². The molecule has 0 saturated heterocycles. The highest BCUT2D eigenvalue weighted by Gasteiger charge is 2.50. The third-order valence-electron chi connectivity index (χ3n) is 9.45. The highest BCUT2D eigenvalue weighted by molar-refractivity contribution is 6.32. The Kier molecular flexibility index (Phi) is 17.9. The van der Waals surface area contributed by atoms with E-state index in [1.807, 2.05) is 52.0 Å². The quantitative estimate of drug-likeness (QED) is 0.0710.